The molecule has 4 aliphatic rings. The minimum atomic E-state index is 0.0587. The molecule has 0 N–H and O–H groups in total. The summed E-state index contributed by atoms with van der Waals surface area (Å²) in [7, 11) is 0. The molecular formula is C21H34O. The molecule has 0 aromatic heterocycles. The maximum Gasteiger partial charge on any atom is 0.139 e. The Morgan fingerprint density at radius 1 is 1.00 bits per heavy atom. The monoisotopic (exact) mass is 302 g/mol. The van der Waals surface area contributed by atoms with Crippen LogP contribution >= 0.6 is 0 Å². The summed E-state index contributed by atoms with van der Waals surface area (Å²) < 4.78 is 0. The zero-order chi connectivity index (χ0) is 15.5. The molecule has 4 rings (SSSR count). The van der Waals surface area contributed by atoms with Crippen molar-refractivity contribution in [1.29, 1.82) is 0 Å². The van der Waals surface area contributed by atoms with Crippen molar-refractivity contribution in [3.8, 4) is 0 Å². The fourth-order valence-corrected chi connectivity index (χ4v) is 7.61. The first-order chi connectivity index (χ1) is 10.5. The van der Waals surface area contributed by atoms with E-state index >= 15 is 0 Å². The highest BCUT2D eigenvalue weighted by Gasteiger charge is 2.60. The first kappa shape index (κ1) is 15.2. The third-order valence-corrected chi connectivity index (χ3v) is 9.00. The number of carbonyl (C=O) groups excluding carboxylic acids is 1. The number of hydrogen-bond donors (Lipinski definition) is 0. The highest BCUT2D eigenvalue weighted by Crippen LogP contribution is 2.66. The van der Waals surface area contributed by atoms with E-state index in [1.807, 2.05) is 0 Å². The van der Waals surface area contributed by atoms with E-state index in [9.17, 15) is 4.79 Å². The average Bonchev–Trinajstić information content (AvgIpc) is 2.81. The molecular weight excluding hydrogens is 268 g/mol. The highest BCUT2D eigenvalue weighted by molar-refractivity contribution is 5.87. The second-order valence-electron chi connectivity index (χ2n) is 9.63. The van der Waals surface area contributed by atoms with E-state index in [-0.39, 0.29) is 5.41 Å². The molecule has 7 unspecified atom stereocenters. The predicted octanol–water partition coefficient (Wildman–Crippen LogP) is 5.62. The van der Waals surface area contributed by atoms with Gasteiger partial charge in [0.1, 0.15) is 5.78 Å². The Kier molecular flexibility index (Phi) is 3.51. The van der Waals surface area contributed by atoms with Crippen LogP contribution in [0.5, 0.6) is 0 Å². The Labute approximate surface area is 136 Å². The van der Waals surface area contributed by atoms with Crippen LogP contribution in [0, 0.1) is 40.4 Å². The zero-order valence-electron chi connectivity index (χ0n) is 14.9. The molecule has 0 bridgehead atoms. The topological polar surface area (TPSA) is 17.1 Å². The van der Waals surface area contributed by atoms with Crippen LogP contribution in [0.1, 0.15) is 85.0 Å². The molecule has 1 nitrogen and oxygen atoms in total. The van der Waals surface area contributed by atoms with Crippen LogP contribution in [-0.4, -0.2) is 5.78 Å². The van der Waals surface area contributed by atoms with E-state index in [0.717, 1.165) is 36.0 Å². The standard InChI is InChI=1S/C21H34O/c1-4-14-5-6-15-7-8-16-17-9-10-19(22)20(17,2)12-11-18(16)21(15,3)13-14/h14-18H,4-13H2,1-3H3. The Hall–Kier alpha value is -0.330. The van der Waals surface area contributed by atoms with Crippen LogP contribution in [0.3, 0.4) is 0 Å². The van der Waals surface area contributed by atoms with Crippen LogP contribution in [-0.2, 0) is 4.79 Å². The molecule has 0 saturated heterocycles. The molecule has 124 valence electrons. The average molecular weight is 303 g/mol. The van der Waals surface area contributed by atoms with Crippen molar-refractivity contribution in [3.63, 3.8) is 0 Å². The lowest BCUT2D eigenvalue weighted by Gasteiger charge is -2.60. The molecule has 0 aliphatic heterocycles. The van der Waals surface area contributed by atoms with Gasteiger partial charge >= 0.3 is 0 Å². The van der Waals surface area contributed by atoms with E-state index in [2.05, 4.69) is 20.8 Å². The van der Waals surface area contributed by atoms with Gasteiger partial charge in [0.05, 0.1) is 0 Å². The first-order valence-electron chi connectivity index (χ1n) is 10.0. The molecule has 0 spiro atoms. The van der Waals surface area contributed by atoms with Crippen molar-refractivity contribution in [1.82, 2.24) is 0 Å². The minimum absolute atomic E-state index is 0.0587. The van der Waals surface area contributed by atoms with Crippen LogP contribution in [0.25, 0.3) is 0 Å². The molecule has 0 heterocycles. The number of rotatable bonds is 1. The summed E-state index contributed by atoms with van der Waals surface area (Å²) in [6.07, 6.45) is 13.3. The lowest BCUT2D eigenvalue weighted by molar-refractivity contribution is -0.140. The SMILES string of the molecule is CCC1CCC2CCC3C4CCC(=O)C4(C)CCC3C2(C)C1. The molecule has 4 saturated carbocycles. The van der Waals surface area contributed by atoms with Crippen LogP contribution in [0.15, 0.2) is 0 Å². The molecule has 0 aromatic rings. The summed E-state index contributed by atoms with van der Waals surface area (Å²) in [6.45, 7) is 7.35. The summed E-state index contributed by atoms with van der Waals surface area (Å²) >= 11 is 0. The van der Waals surface area contributed by atoms with Crippen LogP contribution in [0.4, 0.5) is 0 Å². The van der Waals surface area contributed by atoms with Crippen LogP contribution in [0.2, 0.25) is 0 Å². The Bertz CT molecular complexity index is 469. The largest absolute Gasteiger partial charge is 0.299 e. The van der Waals surface area contributed by atoms with E-state index in [0.29, 0.717) is 11.2 Å². The third-order valence-electron chi connectivity index (χ3n) is 9.00. The fraction of sp³-hybridized carbons (Fsp3) is 0.952. The maximum absolute atomic E-state index is 12.5. The summed E-state index contributed by atoms with van der Waals surface area (Å²) in [5.74, 6) is 5.06. The Balaban J connectivity index is 1.63. The van der Waals surface area contributed by atoms with Gasteiger partial charge < -0.3 is 0 Å². The number of hydrogen-bond acceptors (Lipinski definition) is 1. The van der Waals surface area contributed by atoms with Gasteiger partial charge in [0, 0.05) is 11.8 Å². The second-order valence-corrected chi connectivity index (χ2v) is 9.63. The highest BCUT2D eigenvalue weighted by atomic mass is 16.1. The van der Waals surface area contributed by atoms with E-state index in [1.165, 1.54) is 57.8 Å². The lowest BCUT2D eigenvalue weighted by atomic mass is 9.44. The summed E-state index contributed by atoms with van der Waals surface area (Å²) in [5, 5.41) is 0. The molecule has 4 aliphatic carbocycles. The van der Waals surface area contributed by atoms with Gasteiger partial charge in [-0.05, 0) is 80.0 Å². The lowest BCUT2D eigenvalue weighted by Crippen LogP contribution is -2.53. The number of Topliss-reactive ketones (excluding diaryl/α,β-unsaturated/α-hetero) is 1. The Morgan fingerprint density at radius 3 is 2.55 bits per heavy atom. The zero-order valence-corrected chi connectivity index (χ0v) is 14.9. The van der Waals surface area contributed by atoms with Gasteiger partial charge in [0.15, 0.2) is 0 Å². The van der Waals surface area contributed by atoms with Gasteiger partial charge in [-0.2, -0.15) is 0 Å². The predicted molar refractivity (Wildman–Crippen MR) is 90.5 cm³/mol. The van der Waals surface area contributed by atoms with E-state index in [1.54, 1.807) is 0 Å². The molecule has 0 amide bonds. The molecule has 1 heteroatoms. The van der Waals surface area contributed by atoms with E-state index < -0.39 is 0 Å². The molecule has 0 aromatic carbocycles. The molecule has 22 heavy (non-hydrogen) atoms. The summed E-state index contributed by atoms with van der Waals surface area (Å²) in [6, 6.07) is 0. The van der Waals surface area contributed by atoms with Crippen LogP contribution < -0.4 is 0 Å². The molecule has 4 fully saturated rings. The first-order valence-corrected chi connectivity index (χ1v) is 10.0. The maximum atomic E-state index is 12.5. The van der Waals surface area contributed by atoms with Crippen molar-refractivity contribution in [2.24, 2.45) is 40.4 Å². The smallest absolute Gasteiger partial charge is 0.139 e. The van der Waals surface area contributed by atoms with Crippen molar-refractivity contribution in [3.05, 3.63) is 0 Å². The Morgan fingerprint density at radius 2 is 1.77 bits per heavy atom. The summed E-state index contributed by atoms with van der Waals surface area (Å²) in [5.41, 5.74) is 0.651. The second kappa shape index (κ2) is 5.08. The molecule has 0 radical (unpaired) electrons. The van der Waals surface area contributed by atoms with Gasteiger partial charge in [-0.15, -0.1) is 0 Å². The van der Waals surface area contributed by atoms with Crippen molar-refractivity contribution < 1.29 is 4.79 Å². The number of carbonyl (C=O) groups is 1. The molecule has 7 atom stereocenters. The number of ketones is 1. The van der Waals surface area contributed by atoms with Gasteiger partial charge in [-0.1, -0.05) is 33.6 Å². The van der Waals surface area contributed by atoms with Gasteiger partial charge in [-0.3, -0.25) is 4.79 Å². The van der Waals surface area contributed by atoms with Crippen molar-refractivity contribution in [2.45, 2.75) is 85.0 Å². The third kappa shape index (κ3) is 1.93. The van der Waals surface area contributed by atoms with Crippen molar-refractivity contribution in [2.75, 3.05) is 0 Å². The minimum Gasteiger partial charge on any atom is -0.299 e. The van der Waals surface area contributed by atoms with Gasteiger partial charge in [0.25, 0.3) is 0 Å². The normalized spacial score (nSPS) is 54.5. The van der Waals surface area contributed by atoms with Gasteiger partial charge in [-0.25, -0.2) is 0 Å². The van der Waals surface area contributed by atoms with Crippen molar-refractivity contribution >= 4 is 5.78 Å². The van der Waals surface area contributed by atoms with Gasteiger partial charge in [0.2, 0.25) is 0 Å². The quantitative estimate of drug-likeness (QED) is 0.614. The van der Waals surface area contributed by atoms with E-state index in [4.69, 9.17) is 0 Å². The fourth-order valence-electron chi connectivity index (χ4n) is 7.61. The number of fused-ring (bicyclic) bond motifs is 5. The summed E-state index contributed by atoms with van der Waals surface area (Å²) in [4.78, 5) is 12.5.